The van der Waals surface area contributed by atoms with Gasteiger partial charge in [-0.05, 0) is 30.3 Å². The van der Waals surface area contributed by atoms with Crippen LogP contribution in [0.25, 0.3) is 11.3 Å². The molecule has 1 heterocycles. The van der Waals surface area contributed by atoms with Crippen molar-refractivity contribution >= 4 is 5.69 Å². The highest BCUT2D eigenvalue weighted by atomic mass is 19.4. The summed E-state index contributed by atoms with van der Waals surface area (Å²) in [5.41, 5.74) is 0.773. The summed E-state index contributed by atoms with van der Waals surface area (Å²) < 4.78 is 39.7. The predicted molar refractivity (Wildman–Crippen MR) is 63.0 cm³/mol. The average molecular weight is 284 g/mol. The van der Waals surface area contributed by atoms with Gasteiger partial charge in [0, 0.05) is 11.6 Å². The van der Waals surface area contributed by atoms with E-state index >= 15 is 0 Å². The van der Waals surface area contributed by atoms with E-state index in [-0.39, 0.29) is 11.4 Å². The van der Waals surface area contributed by atoms with E-state index in [1.807, 2.05) is 0 Å². The molecule has 0 unspecified atom stereocenters. The van der Waals surface area contributed by atoms with E-state index < -0.39 is 11.3 Å². The molecule has 0 saturated carbocycles. The summed E-state index contributed by atoms with van der Waals surface area (Å²) >= 11 is 0. The van der Waals surface area contributed by atoms with Crippen LogP contribution in [-0.2, 0) is 0 Å². The normalized spacial score (nSPS) is 11.2. The third kappa shape index (κ3) is 3.44. The number of halogens is 3. The molecule has 0 spiro atoms. The Morgan fingerprint density at radius 2 is 1.75 bits per heavy atom. The highest BCUT2D eigenvalue weighted by Gasteiger charge is 2.30. The summed E-state index contributed by atoms with van der Waals surface area (Å²) in [5.74, 6) is -0.344. The zero-order chi connectivity index (χ0) is 14.8. The van der Waals surface area contributed by atoms with Crippen molar-refractivity contribution in [1.82, 2.24) is 4.98 Å². The lowest BCUT2D eigenvalue weighted by atomic mass is 10.1. The summed E-state index contributed by atoms with van der Waals surface area (Å²) in [6.07, 6.45) is -3.66. The van der Waals surface area contributed by atoms with Crippen molar-refractivity contribution in [3.8, 4) is 17.0 Å². The molecule has 0 saturated heterocycles. The van der Waals surface area contributed by atoms with E-state index in [4.69, 9.17) is 0 Å². The molecule has 0 atom stereocenters. The van der Waals surface area contributed by atoms with E-state index in [9.17, 15) is 23.3 Å². The number of hydrogen-bond acceptors (Lipinski definition) is 4. The highest BCUT2D eigenvalue weighted by molar-refractivity contribution is 5.60. The minimum atomic E-state index is -4.74. The predicted octanol–water partition coefficient (Wildman–Crippen LogP) is 3.56. The molecular formula is C12H7F3N2O3. The second-order valence-corrected chi connectivity index (χ2v) is 3.73. The molecule has 0 aliphatic rings. The van der Waals surface area contributed by atoms with Crippen molar-refractivity contribution in [2.45, 2.75) is 6.36 Å². The molecule has 0 aliphatic heterocycles. The maximum atomic E-state index is 12.0. The molecule has 1 aromatic carbocycles. The van der Waals surface area contributed by atoms with E-state index in [0.29, 0.717) is 11.3 Å². The van der Waals surface area contributed by atoms with E-state index in [1.165, 1.54) is 24.3 Å². The quantitative estimate of drug-likeness (QED) is 0.638. The SMILES string of the molecule is O=[N+]([O-])c1ccc(-c2ccc(OC(F)(F)F)cc2)nc1. The molecule has 5 nitrogen and oxygen atoms in total. The molecule has 0 bridgehead atoms. The molecule has 0 fully saturated rings. The number of pyridine rings is 1. The summed E-state index contributed by atoms with van der Waals surface area (Å²) in [5, 5.41) is 10.5. The van der Waals surface area contributed by atoms with Crippen LogP contribution in [0.1, 0.15) is 0 Å². The van der Waals surface area contributed by atoms with Gasteiger partial charge >= 0.3 is 6.36 Å². The standard InChI is InChI=1S/C12H7F3N2O3/c13-12(14,15)20-10-4-1-8(2-5-10)11-6-3-9(7-16-11)17(18)19/h1-7H. The van der Waals surface area contributed by atoms with Gasteiger partial charge in [-0.15, -0.1) is 13.2 Å². The molecule has 0 amide bonds. The Balaban J connectivity index is 2.19. The number of hydrogen-bond donors (Lipinski definition) is 0. The first-order valence-electron chi connectivity index (χ1n) is 5.32. The third-order valence-corrected chi connectivity index (χ3v) is 2.34. The molecule has 1 aromatic heterocycles. The molecule has 20 heavy (non-hydrogen) atoms. The molecule has 2 rings (SSSR count). The maximum Gasteiger partial charge on any atom is 0.573 e. The minimum Gasteiger partial charge on any atom is -0.406 e. The molecule has 0 radical (unpaired) electrons. The fourth-order valence-electron chi connectivity index (χ4n) is 1.49. The van der Waals surface area contributed by atoms with Gasteiger partial charge in [-0.2, -0.15) is 0 Å². The van der Waals surface area contributed by atoms with Crippen molar-refractivity contribution in [2.75, 3.05) is 0 Å². The van der Waals surface area contributed by atoms with Gasteiger partial charge in [0.05, 0.1) is 10.6 Å². The second-order valence-electron chi connectivity index (χ2n) is 3.73. The highest BCUT2D eigenvalue weighted by Crippen LogP contribution is 2.26. The van der Waals surface area contributed by atoms with Gasteiger partial charge in [-0.1, -0.05) is 0 Å². The Morgan fingerprint density at radius 3 is 2.20 bits per heavy atom. The smallest absolute Gasteiger partial charge is 0.406 e. The van der Waals surface area contributed by atoms with Crippen LogP contribution in [0.3, 0.4) is 0 Å². The van der Waals surface area contributed by atoms with Gasteiger partial charge < -0.3 is 4.74 Å². The number of benzene rings is 1. The van der Waals surface area contributed by atoms with Crippen LogP contribution in [0.15, 0.2) is 42.6 Å². The van der Waals surface area contributed by atoms with E-state index in [0.717, 1.165) is 18.3 Å². The summed E-state index contributed by atoms with van der Waals surface area (Å²) in [7, 11) is 0. The van der Waals surface area contributed by atoms with Crippen LogP contribution < -0.4 is 4.74 Å². The largest absolute Gasteiger partial charge is 0.573 e. The van der Waals surface area contributed by atoms with Crippen molar-refractivity contribution in [2.24, 2.45) is 0 Å². The molecular weight excluding hydrogens is 277 g/mol. The van der Waals surface area contributed by atoms with Crippen molar-refractivity contribution < 1.29 is 22.8 Å². The first-order valence-corrected chi connectivity index (χ1v) is 5.32. The number of ether oxygens (including phenoxy) is 1. The van der Waals surface area contributed by atoms with Crippen LogP contribution in [0.4, 0.5) is 18.9 Å². The summed E-state index contributed by atoms with van der Waals surface area (Å²) in [6.45, 7) is 0. The zero-order valence-electron chi connectivity index (χ0n) is 9.79. The zero-order valence-corrected chi connectivity index (χ0v) is 9.79. The van der Waals surface area contributed by atoms with Crippen LogP contribution in [-0.4, -0.2) is 16.3 Å². The Bertz CT molecular complexity index is 609. The molecule has 2 aromatic rings. The first kappa shape index (κ1) is 13.8. The molecule has 8 heteroatoms. The van der Waals surface area contributed by atoms with Crippen LogP contribution in [0.5, 0.6) is 5.75 Å². The third-order valence-electron chi connectivity index (χ3n) is 2.34. The Morgan fingerprint density at radius 1 is 1.10 bits per heavy atom. The first-order chi connectivity index (χ1) is 9.35. The van der Waals surface area contributed by atoms with Crippen LogP contribution in [0.2, 0.25) is 0 Å². The van der Waals surface area contributed by atoms with Gasteiger partial charge in [0.15, 0.2) is 0 Å². The summed E-state index contributed by atoms with van der Waals surface area (Å²) in [6, 6.07) is 7.74. The lowest BCUT2D eigenvalue weighted by Crippen LogP contribution is -2.16. The topological polar surface area (TPSA) is 65.3 Å². The summed E-state index contributed by atoms with van der Waals surface area (Å²) in [4.78, 5) is 13.8. The Hall–Kier alpha value is -2.64. The second kappa shape index (κ2) is 5.16. The number of rotatable bonds is 3. The van der Waals surface area contributed by atoms with Crippen LogP contribution in [0, 0.1) is 10.1 Å². The van der Waals surface area contributed by atoms with Crippen molar-refractivity contribution in [3.63, 3.8) is 0 Å². The van der Waals surface area contributed by atoms with Gasteiger partial charge in [-0.3, -0.25) is 10.1 Å². The fourth-order valence-corrected chi connectivity index (χ4v) is 1.49. The monoisotopic (exact) mass is 284 g/mol. The Kier molecular flexibility index (Phi) is 3.55. The van der Waals surface area contributed by atoms with Crippen molar-refractivity contribution in [1.29, 1.82) is 0 Å². The lowest BCUT2D eigenvalue weighted by molar-refractivity contribution is -0.385. The minimum absolute atomic E-state index is 0.161. The molecule has 0 N–H and O–H groups in total. The van der Waals surface area contributed by atoms with Crippen molar-refractivity contribution in [3.05, 3.63) is 52.7 Å². The number of alkyl halides is 3. The van der Waals surface area contributed by atoms with E-state index in [1.54, 1.807) is 0 Å². The molecule has 104 valence electrons. The van der Waals surface area contributed by atoms with Gasteiger partial charge in [0.1, 0.15) is 11.9 Å². The number of nitro groups is 1. The van der Waals surface area contributed by atoms with Gasteiger partial charge in [-0.25, -0.2) is 4.98 Å². The lowest BCUT2D eigenvalue weighted by Gasteiger charge is -2.09. The van der Waals surface area contributed by atoms with Crippen LogP contribution >= 0.6 is 0 Å². The number of nitrogens with zero attached hydrogens (tertiary/aromatic N) is 2. The van der Waals surface area contributed by atoms with E-state index in [2.05, 4.69) is 9.72 Å². The van der Waals surface area contributed by atoms with Gasteiger partial charge in [0.2, 0.25) is 0 Å². The fraction of sp³-hybridized carbons (Fsp3) is 0.0833. The average Bonchev–Trinajstić information content (AvgIpc) is 2.38. The Labute approximate surface area is 110 Å². The van der Waals surface area contributed by atoms with Gasteiger partial charge in [0.25, 0.3) is 5.69 Å². The number of aromatic nitrogens is 1. The maximum absolute atomic E-state index is 12.0. The molecule has 0 aliphatic carbocycles.